The lowest BCUT2D eigenvalue weighted by atomic mass is 9.98. The number of rotatable bonds is 2. The molecule has 2 aliphatic heterocycles. The number of nitrogens with zero attached hydrogens (tertiary/aromatic N) is 1. The third-order valence-corrected chi connectivity index (χ3v) is 4.36. The maximum absolute atomic E-state index is 12.6. The van der Waals surface area contributed by atoms with Crippen LogP contribution in [0.25, 0.3) is 0 Å². The minimum atomic E-state index is 0. The van der Waals surface area contributed by atoms with Crippen molar-refractivity contribution < 1.29 is 9.53 Å². The monoisotopic (exact) mass is 310 g/mol. The highest BCUT2D eigenvalue weighted by Crippen LogP contribution is 2.32. The summed E-state index contributed by atoms with van der Waals surface area (Å²) >= 11 is 0. The Balaban J connectivity index is 0.00000161. The maximum Gasteiger partial charge on any atom is 0.230 e. The van der Waals surface area contributed by atoms with Crippen LogP contribution in [0.1, 0.15) is 36.9 Å². The smallest absolute Gasteiger partial charge is 0.230 e. The normalized spacial score (nSPS) is 19.8. The molecule has 1 fully saturated rings. The molecule has 2 heterocycles. The number of nitrogens with two attached hydrogens (primary N) is 1. The Morgan fingerprint density at radius 2 is 2.10 bits per heavy atom. The van der Waals surface area contributed by atoms with Crippen molar-refractivity contribution in [3.63, 3.8) is 0 Å². The van der Waals surface area contributed by atoms with Gasteiger partial charge < -0.3 is 15.4 Å². The van der Waals surface area contributed by atoms with Gasteiger partial charge in [-0.3, -0.25) is 4.79 Å². The maximum atomic E-state index is 12.6. The third-order valence-electron chi connectivity index (χ3n) is 4.36. The van der Waals surface area contributed by atoms with E-state index in [0.717, 1.165) is 37.1 Å². The molecule has 1 amide bonds. The van der Waals surface area contributed by atoms with Crippen LogP contribution in [0.2, 0.25) is 0 Å². The highest BCUT2D eigenvalue weighted by Gasteiger charge is 2.31. The lowest BCUT2D eigenvalue weighted by Gasteiger charge is -2.26. The molecule has 0 aromatic heterocycles. The minimum absolute atomic E-state index is 0. The Bertz CT molecular complexity index is 513. The van der Waals surface area contributed by atoms with Gasteiger partial charge in [0.05, 0.1) is 0 Å². The lowest BCUT2D eigenvalue weighted by molar-refractivity contribution is -0.125. The second-order valence-electron chi connectivity index (χ2n) is 5.80. The third kappa shape index (κ3) is 3.23. The molecule has 5 heteroatoms. The summed E-state index contributed by atoms with van der Waals surface area (Å²) in [7, 11) is 0. The highest BCUT2D eigenvalue weighted by molar-refractivity contribution is 5.97. The largest absolute Gasteiger partial charge is 0.381 e. The molecule has 0 aliphatic carbocycles. The molecule has 1 aromatic carbocycles. The van der Waals surface area contributed by atoms with E-state index in [0.29, 0.717) is 13.2 Å². The van der Waals surface area contributed by atoms with Gasteiger partial charge in [0, 0.05) is 37.4 Å². The molecule has 0 saturated carbocycles. The van der Waals surface area contributed by atoms with Crippen LogP contribution in [0.15, 0.2) is 18.2 Å². The number of hydrogen-bond donors (Lipinski definition) is 1. The fourth-order valence-electron chi connectivity index (χ4n) is 3.10. The average Bonchev–Trinajstić information content (AvgIpc) is 2.90. The molecule has 1 saturated heterocycles. The predicted octanol–water partition coefficient (Wildman–Crippen LogP) is 2.44. The summed E-state index contributed by atoms with van der Waals surface area (Å²) in [6.07, 6.45) is 2.63. The number of fused-ring (bicyclic) bond motifs is 1. The summed E-state index contributed by atoms with van der Waals surface area (Å²) in [5.74, 6) is 0.392. The van der Waals surface area contributed by atoms with E-state index in [1.807, 2.05) is 17.9 Å². The van der Waals surface area contributed by atoms with Crippen LogP contribution in [0.5, 0.6) is 0 Å². The predicted molar refractivity (Wildman–Crippen MR) is 85.9 cm³/mol. The number of carbonyl (C=O) groups is 1. The van der Waals surface area contributed by atoms with Crippen LogP contribution in [0.4, 0.5) is 5.69 Å². The second kappa shape index (κ2) is 6.77. The van der Waals surface area contributed by atoms with Gasteiger partial charge in [-0.15, -0.1) is 12.4 Å². The van der Waals surface area contributed by atoms with E-state index in [9.17, 15) is 4.79 Å². The number of amides is 1. The first kappa shape index (κ1) is 16.3. The first-order valence-electron chi connectivity index (χ1n) is 7.44. The zero-order valence-corrected chi connectivity index (χ0v) is 13.2. The molecule has 4 nitrogen and oxygen atoms in total. The molecule has 2 aliphatic rings. The molecule has 2 N–H and O–H groups in total. The molecule has 1 atom stereocenters. The Kier molecular flexibility index (Phi) is 5.25. The van der Waals surface area contributed by atoms with Crippen LogP contribution in [0, 0.1) is 5.92 Å². The minimum Gasteiger partial charge on any atom is -0.381 e. The molecule has 116 valence electrons. The van der Waals surface area contributed by atoms with Crippen LogP contribution in [0.3, 0.4) is 0 Å². The molecule has 21 heavy (non-hydrogen) atoms. The van der Waals surface area contributed by atoms with Gasteiger partial charge in [-0.2, -0.15) is 0 Å². The summed E-state index contributed by atoms with van der Waals surface area (Å²) in [6.45, 7) is 4.21. The number of halogens is 1. The van der Waals surface area contributed by atoms with Crippen molar-refractivity contribution in [2.45, 2.75) is 32.2 Å². The Morgan fingerprint density at radius 1 is 1.38 bits per heavy atom. The Labute approximate surface area is 132 Å². The van der Waals surface area contributed by atoms with Crippen LogP contribution in [-0.2, 0) is 16.0 Å². The van der Waals surface area contributed by atoms with Crippen molar-refractivity contribution in [2.75, 3.05) is 24.7 Å². The summed E-state index contributed by atoms with van der Waals surface area (Å²) in [6, 6.07) is 6.29. The number of carbonyl (C=O) groups excluding carboxylic acids is 1. The quantitative estimate of drug-likeness (QED) is 0.913. The highest BCUT2D eigenvalue weighted by atomic mass is 35.5. The van der Waals surface area contributed by atoms with E-state index in [4.69, 9.17) is 10.5 Å². The van der Waals surface area contributed by atoms with Gasteiger partial charge >= 0.3 is 0 Å². The molecular formula is C16H23ClN2O2. The van der Waals surface area contributed by atoms with Crippen molar-refractivity contribution in [2.24, 2.45) is 11.7 Å². The van der Waals surface area contributed by atoms with Crippen molar-refractivity contribution in [1.29, 1.82) is 0 Å². The van der Waals surface area contributed by atoms with E-state index in [1.165, 1.54) is 5.56 Å². The molecule has 1 aromatic rings. The van der Waals surface area contributed by atoms with Crippen molar-refractivity contribution in [3.05, 3.63) is 29.3 Å². The molecule has 0 bridgehead atoms. The van der Waals surface area contributed by atoms with Gasteiger partial charge in [0.15, 0.2) is 0 Å². The van der Waals surface area contributed by atoms with Crippen molar-refractivity contribution >= 4 is 24.0 Å². The van der Waals surface area contributed by atoms with Gasteiger partial charge in [-0.25, -0.2) is 0 Å². The average molecular weight is 311 g/mol. The lowest BCUT2D eigenvalue weighted by Crippen LogP contribution is -2.37. The molecule has 1 unspecified atom stereocenters. The number of hydrogen-bond acceptors (Lipinski definition) is 3. The SMILES string of the molecule is CC(N)c1ccc2c(c1)CCN2C(=O)C1CCOCC1.Cl. The van der Waals surface area contributed by atoms with Crippen LogP contribution >= 0.6 is 12.4 Å². The van der Waals surface area contributed by atoms with E-state index in [1.54, 1.807) is 0 Å². The Hall–Kier alpha value is -1.10. The van der Waals surface area contributed by atoms with Gasteiger partial charge in [-0.1, -0.05) is 12.1 Å². The zero-order valence-electron chi connectivity index (χ0n) is 12.4. The summed E-state index contributed by atoms with van der Waals surface area (Å²) in [4.78, 5) is 14.6. The standard InChI is InChI=1S/C16H22N2O2.ClH/c1-11(17)13-2-3-15-14(10-13)4-7-18(15)16(19)12-5-8-20-9-6-12;/h2-3,10-12H,4-9,17H2,1H3;1H. The summed E-state index contributed by atoms with van der Waals surface area (Å²) < 4.78 is 5.34. The Morgan fingerprint density at radius 3 is 2.76 bits per heavy atom. The fraction of sp³-hybridized carbons (Fsp3) is 0.562. The van der Waals surface area contributed by atoms with Crippen LogP contribution in [-0.4, -0.2) is 25.7 Å². The number of benzene rings is 1. The van der Waals surface area contributed by atoms with Gasteiger partial charge in [0.2, 0.25) is 5.91 Å². The molecule has 3 rings (SSSR count). The molecule has 0 spiro atoms. The summed E-state index contributed by atoms with van der Waals surface area (Å²) in [5, 5.41) is 0. The van der Waals surface area contributed by atoms with Crippen molar-refractivity contribution in [1.82, 2.24) is 0 Å². The van der Waals surface area contributed by atoms with E-state index < -0.39 is 0 Å². The molecule has 0 radical (unpaired) electrons. The number of anilines is 1. The first-order valence-corrected chi connectivity index (χ1v) is 7.44. The van der Waals surface area contributed by atoms with Crippen molar-refractivity contribution in [3.8, 4) is 0 Å². The van der Waals surface area contributed by atoms with E-state index in [-0.39, 0.29) is 30.3 Å². The zero-order chi connectivity index (χ0) is 14.1. The van der Waals surface area contributed by atoms with E-state index >= 15 is 0 Å². The molecular weight excluding hydrogens is 288 g/mol. The van der Waals surface area contributed by atoms with Gasteiger partial charge in [-0.05, 0) is 43.4 Å². The van der Waals surface area contributed by atoms with Gasteiger partial charge in [0.25, 0.3) is 0 Å². The fourth-order valence-corrected chi connectivity index (χ4v) is 3.10. The topological polar surface area (TPSA) is 55.6 Å². The summed E-state index contributed by atoms with van der Waals surface area (Å²) in [5.41, 5.74) is 9.39. The second-order valence-corrected chi connectivity index (χ2v) is 5.80. The van der Waals surface area contributed by atoms with E-state index in [2.05, 4.69) is 12.1 Å². The van der Waals surface area contributed by atoms with Crippen LogP contribution < -0.4 is 10.6 Å². The van der Waals surface area contributed by atoms with Gasteiger partial charge in [0.1, 0.15) is 0 Å². The first-order chi connectivity index (χ1) is 9.66. The number of ether oxygens (including phenoxy) is 1.